The number of likely N-dealkylation sites (tertiary alicyclic amines) is 1. The van der Waals surface area contributed by atoms with Crippen LogP contribution >= 0.6 is 0 Å². The van der Waals surface area contributed by atoms with Gasteiger partial charge in [0.05, 0.1) is 17.3 Å². The Kier molecular flexibility index (Phi) is 5.71. The van der Waals surface area contributed by atoms with Crippen LogP contribution in [0.5, 0.6) is 5.75 Å². The first-order chi connectivity index (χ1) is 16.5. The van der Waals surface area contributed by atoms with E-state index in [2.05, 4.69) is 15.4 Å². The lowest BCUT2D eigenvalue weighted by molar-refractivity contribution is -0.125. The van der Waals surface area contributed by atoms with E-state index in [4.69, 9.17) is 0 Å². The largest absolute Gasteiger partial charge is 0.506 e. The second kappa shape index (κ2) is 8.97. The molecule has 2 atom stereocenters. The first-order valence-corrected chi connectivity index (χ1v) is 11.3. The second-order valence-electron chi connectivity index (χ2n) is 8.50. The molecule has 8 heteroatoms. The summed E-state index contributed by atoms with van der Waals surface area (Å²) in [6.07, 6.45) is 4.42. The number of hydrogen-bond donors (Lipinski definition) is 2. The molecule has 2 unspecified atom stereocenters. The van der Waals surface area contributed by atoms with Crippen molar-refractivity contribution >= 4 is 22.6 Å². The number of carbonyl (C=O) groups is 2. The summed E-state index contributed by atoms with van der Waals surface area (Å²) >= 11 is 0. The number of fused-ring (bicyclic) bond motifs is 1. The highest BCUT2D eigenvalue weighted by atomic mass is 16.3. The van der Waals surface area contributed by atoms with Gasteiger partial charge in [0, 0.05) is 11.9 Å². The Morgan fingerprint density at radius 2 is 1.88 bits per heavy atom. The van der Waals surface area contributed by atoms with Crippen LogP contribution in [0, 0.1) is 0 Å². The van der Waals surface area contributed by atoms with Crippen LogP contribution < -0.4 is 5.32 Å². The van der Waals surface area contributed by atoms with E-state index in [1.165, 1.54) is 6.33 Å². The number of phenols is 1. The summed E-state index contributed by atoms with van der Waals surface area (Å²) in [5.74, 6) is -0.570. The highest BCUT2D eigenvalue weighted by molar-refractivity contribution is 6.05. The molecule has 0 aliphatic carbocycles. The molecule has 1 aliphatic heterocycles. The second-order valence-corrected chi connectivity index (χ2v) is 8.50. The van der Waals surface area contributed by atoms with Crippen molar-refractivity contribution in [3.63, 3.8) is 0 Å². The van der Waals surface area contributed by atoms with Crippen molar-refractivity contribution < 1.29 is 14.7 Å². The first-order valence-electron chi connectivity index (χ1n) is 11.3. The van der Waals surface area contributed by atoms with Gasteiger partial charge in [0.2, 0.25) is 5.91 Å². The van der Waals surface area contributed by atoms with Crippen LogP contribution in [0.3, 0.4) is 0 Å². The van der Waals surface area contributed by atoms with E-state index in [0.717, 1.165) is 23.1 Å². The zero-order chi connectivity index (χ0) is 23.7. The third kappa shape index (κ3) is 3.98. The lowest BCUT2D eigenvalue weighted by Crippen LogP contribution is -2.46. The van der Waals surface area contributed by atoms with Crippen LogP contribution in [-0.2, 0) is 4.79 Å². The van der Waals surface area contributed by atoms with Crippen molar-refractivity contribution in [3.8, 4) is 11.4 Å². The fourth-order valence-electron chi connectivity index (χ4n) is 4.51. The molecule has 1 aliphatic rings. The van der Waals surface area contributed by atoms with E-state index >= 15 is 0 Å². The molecule has 8 nitrogen and oxygen atoms in total. The standard InChI is InChI=1S/C26H25N5O3/c1-17(18-8-11-20(12-9-18)31-16-27-15-28-31)29-25(33)23-7-4-14-30(23)26(34)22-13-10-19-5-2-3-6-21(19)24(22)32/h2-3,5-6,8-13,15-17,23,32H,4,7,14H2,1H3,(H,29,33). The minimum Gasteiger partial charge on any atom is -0.506 e. The maximum absolute atomic E-state index is 13.3. The van der Waals surface area contributed by atoms with Crippen LogP contribution in [0.1, 0.15) is 41.7 Å². The van der Waals surface area contributed by atoms with Crippen LogP contribution in [0.15, 0.2) is 73.3 Å². The molecular formula is C26H25N5O3. The monoisotopic (exact) mass is 455 g/mol. The molecule has 1 fully saturated rings. The number of aromatic hydroxyl groups is 1. The summed E-state index contributed by atoms with van der Waals surface area (Å²) in [6.45, 7) is 2.39. The lowest BCUT2D eigenvalue weighted by Gasteiger charge is -2.26. The minimum atomic E-state index is -0.574. The molecule has 5 rings (SSSR count). The van der Waals surface area contributed by atoms with Crippen molar-refractivity contribution in [3.05, 3.63) is 84.4 Å². The molecule has 3 aromatic carbocycles. The van der Waals surface area contributed by atoms with Crippen molar-refractivity contribution in [1.82, 2.24) is 25.0 Å². The smallest absolute Gasteiger partial charge is 0.258 e. The Hall–Kier alpha value is -4.20. The molecule has 0 saturated carbocycles. The molecule has 4 aromatic rings. The maximum Gasteiger partial charge on any atom is 0.258 e. The predicted molar refractivity (Wildman–Crippen MR) is 128 cm³/mol. The van der Waals surface area contributed by atoms with E-state index in [9.17, 15) is 14.7 Å². The Balaban J connectivity index is 1.30. The molecule has 172 valence electrons. The summed E-state index contributed by atoms with van der Waals surface area (Å²) < 4.78 is 1.66. The summed E-state index contributed by atoms with van der Waals surface area (Å²) in [7, 11) is 0. The van der Waals surface area contributed by atoms with Crippen molar-refractivity contribution in [2.75, 3.05) is 6.54 Å². The predicted octanol–water partition coefficient (Wildman–Crippen LogP) is 3.61. The van der Waals surface area contributed by atoms with Gasteiger partial charge in [0.1, 0.15) is 24.4 Å². The lowest BCUT2D eigenvalue weighted by atomic mass is 10.0. The number of amides is 2. The fourth-order valence-corrected chi connectivity index (χ4v) is 4.51. The van der Waals surface area contributed by atoms with E-state index in [-0.39, 0.29) is 29.2 Å². The number of aromatic nitrogens is 3. The van der Waals surface area contributed by atoms with Gasteiger partial charge in [-0.25, -0.2) is 9.67 Å². The van der Waals surface area contributed by atoms with Gasteiger partial charge in [-0.05, 0) is 48.9 Å². The van der Waals surface area contributed by atoms with Gasteiger partial charge in [-0.15, -0.1) is 0 Å². The molecule has 34 heavy (non-hydrogen) atoms. The van der Waals surface area contributed by atoms with Gasteiger partial charge in [0.15, 0.2) is 0 Å². The minimum absolute atomic E-state index is 0.0463. The van der Waals surface area contributed by atoms with E-state index in [0.29, 0.717) is 18.4 Å². The van der Waals surface area contributed by atoms with Crippen LogP contribution in [0.4, 0.5) is 0 Å². The van der Waals surface area contributed by atoms with Crippen LogP contribution in [-0.4, -0.2) is 49.2 Å². The maximum atomic E-state index is 13.3. The zero-order valence-electron chi connectivity index (χ0n) is 18.8. The van der Waals surface area contributed by atoms with Crippen molar-refractivity contribution in [2.45, 2.75) is 31.8 Å². The molecule has 1 saturated heterocycles. The number of hydrogen-bond acceptors (Lipinski definition) is 5. The van der Waals surface area contributed by atoms with Gasteiger partial charge in [-0.3, -0.25) is 9.59 Å². The van der Waals surface area contributed by atoms with Crippen LogP contribution in [0.25, 0.3) is 16.5 Å². The summed E-state index contributed by atoms with van der Waals surface area (Å²) in [5.41, 5.74) is 2.04. The number of rotatable bonds is 5. The average molecular weight is 456 g/mol. The Morgan fingerprint density at radius 3 is 2.65 bits per heavy atom. The average Bonchev–Trinajstić information content (AvgIpc) is 3.57. The Bertz CT molecular complexity index is 1330. The summed E-state index contributed by atoms with van der Waals surface area (Å²) in [6, 6.07) is 17.7. The normalized spacial score (nSPS) is 16.5. The number of nitrogens with zero attached hydrogens (tertiary/aromatic N) is 4. The molecule has 2 N–H and O–H groups in total. The summed E-state index contributed by atoms with van der Waals surface area (Å²) in [4.78, 5) is 32.0. The number of nitrogens with one attached hydrogen (secondary N) is 1. The molecular weight excluding hydrogens is 430 g/mol. The Morgan fingerprint density at radius 1 is 1.09 bits per heavy atom. The molecule has 0 spiro atoms. The quantitative estimate of drug-likeness (QED) is 0.479. The van der Waals surface area contributed by atoms with Gasteiger partial charge >= 0.3 is 0 Å². The third-order valence-corrected chi connectivity index (χ3v) is 6.38. The Labute approximate surface area is 196 Å². The molecule has 0 radical (unpaired) electrons. The SMILES string of the molecule is CC(NC(=O)C1CCCN1C(=O)c1ccc2ccccc2c1O)c1ccc(-n2cncn2)cc1. The van der Waals surface area contributed by atoms with Crippen molar-refractivity contribution in [1.29, 1.82) is 0 Å². The zero-order valence-corrected chi connectivity index (χ0v) is 18.8. The van der Waals surface area contributed by atoms with E-state index < -0.39 is 6.04 Å². The van der Waals surface area contributed by atoms with Crippen LogP contribution in [0.2, 0.25) is 0 Å². The van der Waals surface area contributed by atoms with Gasteiger partial charge in [-0.1, -0.05) is 42.5 Å². The van der Waals surface area contributed by atoms with E-state index in [1.807, 2.05) is 55.5 Å². The third-order valence-electron chi connectivity index (χ3n) is 6.38. The molecule has 0 bridgehead atoms. The number of benzene rings is 3. The van der Waals surface area contributed by atoms with Gasteiger partial charge in [0.25, 0.3) is 5.91 Å². The highest BCUT2D eigenvalue weighted by Gasteiger charge is 2.36. The number of carbonyl (C=O) groups excluding carboxylic acids is 2. The highest BCUT2D eigenvalue weighted by Crippen LogP contribution is 2.31. The molecule has 2 amide bonds. The fraction of sp³-hybridized carbons (Fsp3) is 0.231. The number of phenolic OH excluding ortho intramolecular Hbond substituents is 1. The summed E-state index contributed by atoms with van der Waals surface area (Å²) in [5, 5.41) is 19.4. The van der Waals surface area contributed by atoms with E-state index in [1.54, 1.807) is 28.0 Å². The first kappa shape index (κ1) is 21.6. The van der Waals surface area contributed by atoms with Gasteiger partial charge < -0.3 is 15.3 Å². The topological polar surface area (TPSA) is 100 Å². The van der Waals surface area contributed by atoms with Gasteiger partial charge in [-0.2, -0.15) is 5.10 Å². The molecule has 1 aromatic heterocycles. The van der Waals surface area contributed by atoms with Crippen molar-refractivity contribution in [2.24, 2.45) is 0 Å². The molecule has 2 heterocycles.